The number of rotatable bonds is 2. The fourth-order valence-corrected chi connectivity index (χ4v) is 3.38. The molecule has 3 aromatic rings. The number of hydrogen-bond acceptors (Lipinski definition) is 5. The van der Waals surface area contributed by atoms with Gasteiger partial charge < -0.3 is 19.9 Å². The predicted octanol–water partition coefficient (Wildman–Crippen LogP) is 1.64. The molecule has 1 aliphatic heterocycles. The van der Waals surface area contributed by atoms with E-state index in [1.165, 1.54) is 4.90 Å². The van der Waals surface area contributed by atoms with Crippen molar-refractivity contribution < 1.29 is 9.90 Å². The van der Waals surface area contributed by atoms with Crippen LogP contribution < -0.4 is 4.90 Å². The Morgan fingerprint density at radius 3 is 2.73 bits per heavy atom. The summed E-state index contributed by atoms with van der Waals surface area (Å²) in [5.74, 6) is 0. The Balaban J connectivity index is 1.78. The molecule has 1 aliphatic rings. The topological polar surface area (TPSA) is 114 Å². The highest BCUT2D eigenvalue weighted by Gasteiger charge is 2.25. The molecule has 1 amide bonds. The minimum absolute atomic E-state index is 0.431. The first kappa shape index (κ1) is 16.0. The molecule has 4 heterocycles. The van der Waals surface area contributed by atoms with Crippen LogP contribution in [0, 0.1) is 11.3 Å². The maximum atomic E-state index is 11.1. The third kappa shape index (κ3) is 2.52. The minimum atomic E-state index is -0.900. The summed E-state index contributed by atoms with van der Waals surface area (Å²) < 4.78 is 1.68. The highest BCUT2D eigenvalue weighted by atomic mass is 16.4. The Hall–Kier alpha value is -3.54. The molecule has 0 bridgehead atoms. The summed E-state index contributed by atoms with van der Waals surface area (Å²) in [5, 5.41) is 23.8. The quantitative estimate of drug-likeness (QED) is 0.725. The Kier molecular flexibility index (Phi) is 3.73. The normalized spacial score (nSPS) is 14.6. The lowest BCUT2D eigenvalue weighted by atomic mass is 10.1. The molecule has 0 aliphatic carbocycles. The van der Waals surface area contributed by atoms with Crippen LogP contribution in [0.2, 0.25) is 0 Å². The number of amides is 1. The number of aryl methyl sites for hydroxylation is 1. The largest absolute Gasteiger partial charge is 0.465 e. The molecule has 0 saturated carbocycles. The number of anilines is 1. The van der Waals surface area contributed by atoms with Gasteiger partial charge >= 0.3 is 6.09 Å². The fraction of sp³-hybridized carbons (Fsp3) is 0.294. The zero-order chi connectivity index (χ0) is 18.3. The number of nitriles is 1. The summed E-state index contributed by atoms with van der Waals surface area (Å²) in [6.07, 6.45) is 4.35. The smallest absolute Gasteiger partial charge is 0.407 e. The van der Waals surface area contributed by atoms with Gasteiger partial charge in [-0.15, -0.1) is 0 Å². The van der Waals surface area contributed by atoms with Gasteiger partial charge in [0.05, 0.1) is 28.5 Å². The molecule has 0 unspecified atom stereocenters. The van der Waals surface area contributed by atoms with Crippen LogP contribution in [0.3, 0.4) is 0 Å². The van der Waals surface area contributed by atoms with Gasteiger partial charge in [0.1, 0.15) is 11.7 Å². The maximum Gasteiger partial charge on any atom is 0.407 e. The third-order valence-corrected chi connectivity index (χ3v) is 4.67. The van der Waals surface area contributed by atoms with Gasteiger partial charge in [-0.3, -0.25) is 4.68 Å². The van der Waals surface area contributed by atoms with Crippen LogP contribution in [0.25, 0.3) is 22.3 Å². The summed E-state index contributed by atoms with van der Waals surface area (Å²) in [6, 6.07) is 4.17. The molecule has 0 aromatic carbocycles. The summed E-state index contributed by atoms with van der Waals surface area (Å²) >= 11 is 0. The number of hydrogen-bond donors (Lipinski definition) is 2. The van der Waals surface area contributed by atoms with Crippen LogP contribution in [0.5, 0.6) is 0 Å². The molecule has 0 spiro atoms. The van der Waals surface area contributed by atoms with Crippen LogP contribution in [0.1, 0.15) is 5.56 Å². The van der Waals surface area contributed by atoms with Gasteiger partial charge in [-0.25, -0.2) is 9.78 Å². The molecule has 4 rings (SSSR count). The molecule has 1 fully saturated rings. The highest BCUT2D eigenvalue weighted by molar-refractivity contribution is 6.00. The number of piperazine rings is 1. The van der Waals surface area contributed by atoms with Crippen molar-refractivity contribution in [3.8, 4) is 17.3 Å². The van der Waals surface area contributed by atoms with Crippen molar-refractivity contribution in [2.45, 2.75) is 0 Å². The van der Waals surface area contributed by atoms with E-state index < -0.39 is 6.09 Å². The SMILES string of the molecule is Cn1cc(-c2[nH]c3nccc(N4CCN(C(=O)O)CC4)c3c2C#N)cn1. The van der Waals surface area contributed by atoms with E-state index in [1.807, 2.05) is 19.3 Å². The van der Waals surface area contributed by atoms with Crippen molar-refractivity contribution in [3.63, 3.8) is 0 Å². The van der Waals surface area contributed by atoms with Crippen LogP contribution in [0.15, 0.2) is 24.7 Å². The lowest BCUT2D eigenvalue weighted by Crippen LogP contribution is -2.48. The summed E-state index contributed by atoms with van der Waals surface area (Å²) in [4.78, 5) is 22.2. The van der Waals surface area contributed by atoms with Gasteiger partial charge in [0.2, 0.25) is 0 Å². The molecular formula is C17H17N7O2. The van der Waals surface area contributed by atoms with E-state index in [-0.39, 0.29) is 0 Å². The van der Waals surface area contributed by atoms with Gasteiger partial charge in [-0.1, -0.05) is 0 Å². The van der Waals surface area contributed by atoms with Crippen molar-refractivity contribution in [1.29, 1.82) is 5.26 Å². The van der Waals surface area contributed by atoms with E-state index >= 15 is 0 Å². The first-order valence-electron chi connectivity index (χ1n) is 8.21. The second kappa shape index (κ2) is 6.07. The van der Waals surface area contributed by atoms with Crippen LogP contribution in [-0.4, -0.2) is 62.0 Å². The van der Waals surface area contributed by atoms with Crippen molar-refractivity contribution in [1.82, 2.24) is 24.6 Å². The molecular weight excluding hydrogens is 334 g/mol. The number of fused-ring (bicyclic) bond motifs is 1. The maximum absolute atomic E-state index is 11.1. The molecule has 2 N–H and O–H groups in total. The predicted molar refractivity (Wildman–Crippen MR) is 94.8 cm³/mol. The van der Waals surface area contributed by atoms with Gasteiger partial charge in [0, 0.05) is 51.2 Å². The first-order chi connectivity index (χ1) is 12.6. The van der Waals surface area contributed by atoms with E-state index in [4.69, 9.17) is 5.11 Å². The van der Waals surface area contributed by atoms with Crippen molar-refractivity contribution >= 4 is 22.8 Å². The zero-order valence-electron chi connectivity index (χ0n) is 14.2. The number of H-pyrrole nitrogens is 1. The summed E-state index contributed by atoms with van der Waals surface area (Å²) in [6.45, 7) is 2.01. The minimum Gasteiger partial charge on any atom is -0.465 e. The van der Waals surface area contributed by atoms with E-state index in [1.54, 1.807) is 17.1 Å². The second-order valence-corrected chi connectivity index (χ2v) is 6.20. The van der Waals surface area contributed by atoms with Gasteiger partial charge in [0.25, 0.3) is 0 Å². The standard InChI is InChI=1S/C17H17N7O2/c1-22-10-11(9-20-22)15-12(8-18)14-13(2-3-19-16(14)21-15)23-4-6-24(7-5-23)17(25)26/h2-3,9-10H,4-7H2,1H3,(H,19,21)(H,25,26). The highest BCUT2D eigenvalue weighted by Crippen LogP contribution is 2.35. The van der Waals surface area contributed by atoms with E-state index in [0.717, 1.165) is 16.6 Å². The molecule has 3 aromatic heterocycles. The second-order valence-electron chi connectivity index (χ2n) is 6.20. The molecule has 0 radical (unpaired) electrons. The van der Waals surface area contributed by atoms with Crippen LogP contribution >= 0.6 is 0 Å². The third-order valence-electron chi connectivity index (χ3n) is 4.67. The first-order valence-corrected chi connectivity index (χ1v) is 8.21. The van der Waals surface area contributed by atoms with Crippen molar-refractivity contribution in [3.05, 3.63) is 30.2 Å². The number of carbonyl (C=O) groups is 1. The monoisotopic (exact) mass is 351 g/mol. The number of nitrogens with one attached hydrogen (secondary N) is 1. The van der Waals surface area contributed by atoms with Crippen molar-refractivity contribution in [2.75, 3.05) is 31.1 Å². The average molecular weight is 351 g/mol. The van der Waals surface area contributed by atoms with Gasteiger partial charge in [-0.05, 0) is 6.07 Å². The van der Waals surface area contributed by atoms with E-state index in [9.17, 15) is 10.1 Å². The number of aromatic nitrogens is 4. The zero-order valence-corrected chi connectivity index (χ0v) is 14.2. The summed E-state index contributed by atoms with van der Waals surface area (Å²) in [7, 11) is 1.82. The Bertz CT molecular complexity index is 1020. The Morgan fingerprint density at radius 2 is 2.12 bits per heavy atom. The van der Waals surface area contributed by atoms with E-state index in [0.29, 0.717) is 43.1 Å². The lowest BCUT2D eigenvalue weighted by molar-refractivity contribution is 0.142. The number of nitrogens with zero attached hydrogens (tertiary/aromatic N) is 6. The molecule has 26 heavy (non-hydrogen) atoms. The number of carboxylic acid groups (broad SMARTS) is 1. The van der Waals surface area contributed by atoms with Crippen molar-refractivity contribution in [2.24, 2.45) is 7.05 Å². The average Bonchev–Trinajstić information content (AvgIpc) is 3.24. The fourth-order valence-electron chi connectivity index (χ4n) is 3.38. The molecule has 1 saturated heterocycles. The summed E-state index contributed by atoms with van der Waals surface area (Å²) in [5.41, 5.74) is 3.57. The molecule has 0 atom stereocenters. The van der Waals surface area contributed by atoms with Crippen LogP contribution in [-0.2, 0) is 7.05 Å². The van der Waals surface area contributed by atoms with Gasteiger partial charge in [0.15, 0.2) is 0 Å². The molecule has 9 nitrogen and oxygen atoms in total. The molecule has 9 heteroatoms. The van der Waals surface area contributed by atoms with Crippen LogP contribution in [0.4, 0.5) is 10.5 Å². The Morgan fingerprint density at radius 1 is 1.35 bits per heavy atom. The number of aromatic amines is 1. The van der Waals surface area contributed by atoms with E-state index in [2.05, 4.69) is 26.0 Å². The number of pyridine rings is 1. The molecule has 132 valence electrons. The van der Waals surface area contributed by atoms with Gasteiger partial charge in [-0.2, -0.15) is 10.4 Å². The Labute approximate surface area is 149 Å². The lowest BCUT2D eigenvalue weighted by Gasteiger charge is -2.34.